The average Bonchev–Trinajstić information content (AvgIpc) is 2.70. The summed E-state index contributed by atoms with van der Waals surface area (Å²) in [4.78, 5) is 10.6. The summed E-state index contributed by atoms with van der Waals surface area (Å²) in [6.07, 6.45) is 0. The molecule has 0 amide bonds. The van der Waals surface area contributed by atoms with E-state index < -0.39 is 11.8 Å². The van der Waals surface area contributed by atoms with Gasteiger partial charge in [-0.1, -0.05) is 11.6 Å². The summed E-state index contributed by atoms with van der Waals surface area (Å²) in [5, 5.41) is 8.68. The molecule has 1 N–H and O–H groups in total. The van der Waals surface area contributed by atoms with Gasteiger partial charge in [0.1, 0.15) is 11.6 Å². The van der Waals surface area contributed by atoms with Crippen LogP contribution in [-0.2, 0) is 0 Å². The van der Waals surface area contributed by atoms with Crippen molar-refractivity contribution in [1.29, 1.82) is 0 Å². The zero-order valence-corrected chi connectivity index (χ0v) is 8.53. The molecular formula is C12H9FO3. The fraction of sp³-hybridized carbons (Fsp3) is 0.0833. The van der Waals surface area contributed by atoms with Gasteiger partial charge in [-0.15, -0.1) is 0 Å². The van der Waals surface area contributed by atoms with E-state index in [1.807, 2.05) is 6.92 Å². The van der Waals surface area contributed by atoms with E-state index in [9.17, 15) is 9.18 Å². The van der Waals surface area contributed by atoms with Gasteiger partial charge < -0.3 is 9.52 Å². The number of hydrogen-bond acceptors (Lipinski definition) is 2. The molecule has 0 saturated carbocycles. The van der Waals surface area contributed by atoms with E-state index in [-0.39, 0.29) is 17.1 Å². The Morgan fingerprint density at radius 3 is 2.69 bits per heavy atom. The van der Waals surface area contributed by atoms with Gasteiger partial charge in [-0.05, 0) is 31.2 Å². The number of rotatable bonds is 2. The van der Waals surface area contributed by atoms with Crippen LogP contribution in [0.4, 0.5) is 4.39 Å². The Kier molecular flexibility index (Phi) is 2.48. The summed E-state index contributed by atoms with van der Waals surface area (Å²) in [6.45, 7) is 1.82. The van der Waals surface area contributed by atoms with Gasteiger partial charge in [0.25, 0.3) is 0 Å². The molecule has 82 valence electrons. The molecule has 1 aromatic carbocycles. The molecule has 1 heterocycles. The summed E-state index contributed by atoms with van der Waals surface area (Å²) < 4.78 is 18.5. The number of aromatic carboxylic acids is 1. The monoisotopic (exact) mass is 220 g/mol. The Morgan fingerprint density at radius 1 is 1.31 bits per heavy atom. The van der Waals surface area contributed by atoms with Crippen LogP contribution in [0.3, 0.4) is 0 Å². The Labute approximate surface area is 91.1 Å². The second-order valence-corrected chi connectivity index (χ2v) is 3.45. The maximum atomic E-state index is 13.5. The second kappa shape index (κ2) is 3.81. The van der Waals surface area contributed by atoms with E-state index in [0.29, 0.717) is 0 Å². The Morgan fingerprint density at radius 2 is 2.06 bits per heavy atom. The van der Waals surface area contributed by atoms with Gasteiger partial charge in [0, 0.05) is 0 Å². The lowest BCUT2D eigenvalue weighted by atomic mass is 10.1. The summed E-state index contributed by atoms with van der Waals surface area (Å²) in [6, 6.07) is 7.33. The first-order chi connectivity index (χ1) is 7.58. The van der Waals surface area contributed by atoms with Crippen LogP contribution < -0.4 is 0 Å². The van der Waals surface area contributed by atoms with Gasteiger partial charge in [0.05, 0.1) is 5.56 Å². The van der Waals surface area contributed by atoms with Crippen molar-refractivity contribution in [3.63, 3.8) is 0 Å². The SMILES string of the molecule is Cc1ccc(F)c(-c2ccc(C(=O)O)o2)c1. The Bertz CT molecular complexity index is 543. The van der Waals surface area contributed by atoms with Crippen molar-refractivity contribution in [3.8, 4) is 11.3 Å². The average molecular weight is 220 g/mol. The number of furan rings is 1. The first-order valence-corrected chi connectivity index (χ1v) is 4.67. The number of aryl methyl sites for hydroxylation is 1. The predicted molar refractivity (Wildman–Crippen MR) is 55.8 cm³/mol. The van der Waals surface area contributed by atoms with E-state index in [2.05, 4.69) is 0 Å². The van der Waals surface area contributed by atoms with Crippen LogP contribution in [0.1, 0.15) is 16.1 Å². The number of carboxylic acids is 1. The maximum absolute atomic E-state index is 13.5. The molecule has 0 aliphatic rings. The van der Waals surface area contributed by atoms with Crippen molar-refractivity contribution in [3.05, 3.63) is 47.5 Å². The molecule has 2 rings (SSSR count). The smallest absolute Gasteiger partial charge is 0.371 e. The van der Waals surface area contributed by atoms with Crippen LogP contribution >= 0.6 is 0 Å². The number of halogens is 1. The third-order valence-electron chi connectivity index (χ3n) is 2.20. The van der Waals surface area contributed by atoms with Crippen LogP contribution in [0.2, 0.25) is 0 Å². The van der Waals surface area contributed by atoms with Crippen molar-refractivity contribution in [2.45, 2.75) is 6.92 Å². The summed E-state index contributed by atoms with van der Waals surface area (Å²) >= 11 is 0. The predicted octanol–water partition coefficient (Wildman–Crippen LogP) is 3.09. The summed E-state index contributed by atoms with van der Waals surface area (Å²) in [7, 11) is 0. The lowest BCUT2D eigenvalue weighted by Crippen LogP contribution is -1.91. The number of hydrogen-bond donors (Lipinski definition) is 1. The fourth-order valence-corrected chi connectivity index (χ4v) is 1.43. The van der Waals surface area contributed by atoms with E-state index in [1.54, 1.807) is 12.1 Å². The first-order valence-electron chi connectivity index (χ1n) is 4.67. The molecule has 0 aliphatic heterocycles. The molecule has 2 aromatic rings. The van der Waals surface area contributed by atoms with E-state index in [0.717, 1.165) is 5.56 Å². The van der Waals surface area contributed by atoms with Crippen LogP contribution in [0.25, 0.3) is 11.3 Å². The van der Waals surface area contributed by atoms with Crippen molar-refractivity contribution in [1.82, 2.24) is 0 Å². The van der Waals surface area contributed by atoms with Gasteiger partial charge in [-0.25, -0.2) is 9.18 Å². The second-order valence-electron chi connectivity index (χ2n) is 3.45. The molecule has 0 atom stereocenters. The van der Waals surface area contributed by atoms with E-state index >= 15 is 0 Å². The van der Waals surface area contributed by atoms with Crippen LogP contribution in [-0.4, -0.2) is 11.1 Å². The highest BCUT2D eigenvalue weighted by atomic mass is 19.1. The van der Waals surface area contributed by atoms with Gasteiger partial charge in [-0.3, -0.25) is 0 Å². The van der Waals surface area contributed by atoms with Crippen LogP contribution in [0, 0.1) is 12.7 Å². The summed E-state index contributed by atoms with van der Waals surface area (Å²) in [5.41, 5.74) is 1.15. The molecule has 3 nitrogen and oxygen atoms in total. The highest BCUT2D eigenvalue weighted by Crippen LogP contribution is 2.25. The quantitative estimate of drug-likeness (QED) is 0.845. The molecule has 16 heavy (non-hydrogen) atoms. The van der Waals surface area contributed by atoms with E-state index in [4.69, 9.17) is 9.52 Å². The molecule has 0 radical (unpaired) electrons. The van der Waals surface area contributed by atoms with E-state index in [1.165, 1.54) is 18.2 Å². The maximum Gasteiger partial charge on any atom is 0.371 e. The normalized spacial score (nSPS) is 10.4. The van der Waals surface area contributed by atoms with Crippen LogP contribution in [0.15, 0.2) is 34.7 Å². The van der Waals surface area contributed by atoms with Crippen molar-refractivity contribution < 1.29 is 18.7 Å². The largest absolute Gasteiger partial charge is 0.475 e. The molecule has 0 fully saturated rings. The third kappa shape index (κ3) is 1.82. The lowest BCUT2D eigenvalue weighted by Gasteiger charge is -2.00. The van der Waals surface area contributed by atoms with Crippen molar-refractivity contribution >= 4 is 5.97 Å². The highest BCUT2D eigenvalue weighted by Gasteiger charge is 2.13. The molecule has 0 saturated heterocycles. The van der Waals surface area contributed by atoms with Gasteiger partial charge >= 0.3 is 5.97 Å². The van der Waals surface area contributed by atoms with Crippen LogP contribution in [0.5, 0.6) is 0 Å². The molecular weight excluding hydrogens is 211 g/mol. The fourth-order valence-electron chi connectivity index (χ4n) is 1.43. The zero-order valence-electron chi connectivity index (χ0n) is 8.53. The minimum Gasteiger partial charge on any atom is -0.475 e. The molecule has 0 spiro atoms. The zero-order chi connectivity index (χ0) is 11.7. The minimum atomic E-state index is -1.17. The molecule has 1 aromatic heterocycles. The Hall–Kier alpha value is -2.10. The number of carboxylic acid groups (broad SMARTS) is 1. The highest BCUT2D eigenvalue weighted by molar-refractivity contribution is 5.85. The number of benzene rings is 1. The Balaban J connectivity index is 2.50. The standard InChI is InChI=1S/C12H9FO3/c1-7-2-3-9(13)8(6-7)10-4-5-11(16-10)12(14)15/h2-6H,1H3,(H,14,15). The van der Waals surface area contributed by atoms with Crippen molar-refractivity contribution in [2.75, 3.05) is 0 Å². The summed E-state index contributed by atoms with van der Waals surface area (Å²) in [5.74, 6) is -1.58. The lowest BCUT2D eigenvalue weighted by molar-refractivity contribution is 0.0663. The molecule has 0 bridgehead atoms. The minimum absolute atomic E-state index is 0.198. The van der Waals surface area contributed by atoms with Gasteiger partial charge in [0.15, 0.2) is 0 Å². The molecule has 4 heteroatoms. The first kappa shape index (κ1) is 10.4. The van der Waals surface area contributed by atoms with Gasteiger partial charge in [-0.2, -0.15) is 0 Å². The molecule has 0 aliphatic carbocycles. The van der Waals surface area contributed by atoms with Crippen molar-refractivity contribution in [2.24, 2.45) is 0 Å². The number of carbonyl (C=O) groups is 1. The van der Waals surface area contributed by atoms with Gasteiger partial charge in [0.2, 0.25) is 5.76 Å². The third-order valence-corrected chi connectivity index (χ3v) is 2.20. The molecule has 0 unspecified atom stereocenters. The topological polar surface area (TPSA) is 50.4 Å².